The number of amides is 6. The van der Waals surface area contributed by atoms with Crippen molar-refractivity contribution < 1.29 is 33.8 Å². The molecule has 0 saturated carbocycles. The maximum Gasteiger partial charge on any atom is 0.416 e. The first-order valence-electron chi connectivity index (χ1n) is 7.99. The van der Waals surface area contributed by atoms with Crippen LogP contribution in [0.3, 0.4) is 0 Å². The molecule has 3 rings (SSSR count). The predicted octanol–water partition coefficient (Wildman–Crippen LogP) is -0.278. The molecule has 3 N–H and O–H groups in total. The number of carbonyl (C=O) groups excluding carboxylic acids is 4. The highest BCUT2D eigenvalue weighted by Crippen LogP contribution is 2.15. The van der Waals surface area contributed by atoms with Crippen LogP contribution >= 0.6 is 0 Å². The number of benzene rings is 1. The molecular weight excluding hydrogens is 360 g/mol. The Morgan fingerprint density at radius 1 is 1.22 bits per heavy atom. The summed E-state index contributed by atoms with van der Waals surface area (Å²) in [6.45, 7) is -0.814. The Hall–Kier alpha value is -3.63. The SMILES string of the molecule is O=C(N[C@@H]1C(=O)N[C@@H]1CN1C(=O)CN(C(=O)O)C1=O)OCc1ccccc1. The topological polar surface area (TPSA) is 145 Å². The molecule has 6 amide bonds. The molecular formula is C16H16N4O7. The van der Waals surface area contributed by atoms with Gasteiger partial charge < -0.3 is 20.5 Å². The summed E-state index contributed by atoms with van der Waals surface area (Å²) in [6, 6.07) is 6.22. The van der Waals surface area contributed by atoms with Gasteiger partial charge in [-0.15, -0.1) is 0 Å². The quantitative estimate of drug-likeness (QED) is 0.473. The van der Waals surface area contributed by atoms with Gasteiger partial charge in [-0.3, -0.25) is 14.5 Å². The standard InChI is InChI=1S/C16H16N4O7/c21-11-7-20(16(25)26)15(24)19(11)6-10-12(13(22)17-10)18-14(23)27-8-9-4-2-1-3-5-9/h1-5,10,12H,6-8H2,(H,17,22)(H,18,23)(H,25,26)/t10-,12+/m1/s1. The second-order valence-corrected chi connectivity index (χ2v) is 5.95. The van der Waals surface area contributed by atoms with Crippen molar-refractivity contribution in [3.8, 4) is 0 Å². The molecule has 2 saturated heterocycles. The van der Waals surface area contributed by atoms with Crippen LogP contribution < -0.4 is 10.6 Å². The summed E-state index contributed by atoms with van der Waals surface area (Å²) >= 11 is 0. The highest BCUT2D eigenvalue weighted by atomic mass is 16.5. The molecule has 2 fully saturated rings. The Labute approximate surface area is 152 Å². The Balaban J connectivity index is 1.53. The molecule has 0 spiro atoms. The lowest BCUT2D eigenvalue weighted by Crippen LogP contribution is -2.72. The van der Waals surface area contributed by atoms with Crippen molar-refractivity contribution in [2.24, 2.45) is 0 Å². The largest absolute Gasteiger partial charge is 0.465 e. The van der Waals surface area contributed by atoms with E-state index in [9.17, 15) is 24.0 Å². The molecule has 142 valence electrons. The molecule has 0 aliphatic carbocycles. The van der Waals surface area contributed by atoms with Crippen LogP contribution in [-0.4, -0.2) is 70.1 Å². The molecule has 0 aromatic heterocycles. The molecule has 2 atom stereocenters. The van der Waals surface area contributed by atoms with Gasteiger partial charge in [0.2, 0.25) is 5.91 Å². The highest BCUT2D eigenvalue weighted by Gasteiger charge is 2.47. The molecule has 0 radical (unpaired) electrons. The maximum atomic E-state index is 11.9. The molecule has 11 nitrogen and oxygen atoms in total. The number of hydrogen-bond acceptors (Lipinski definition) is 6. The van der Waals surface area contributed by atoms with E-state index in [2.05, 4.69) is 10.6 Å². The normalized spacial score (nSPS) is 21.6. The van der Waals surface area contributed by atoms with Crippen molar-refractivity contribution in [2.75, 3.05) is 13.1 Å². The van der Waals surface area contributed by atoms with Gasteiger partial charge in [-0.25, -0.2) is 19.3 Å². The average molecular weight is 376 g/mol. The first kappa shape index (κ1) is 18.2. The van der Waals surface area contributed by atoms with Crippen LogP contribution in [0.4, 0.5) is 14.4 Å². The van der Waals surface area contributed by atoms with E-state index in [0.29, 0.717) is 4.90 Å². The van der Waals surface area contributed by atoms with Gasteiger partial charge in [0.15, 0.2) is 0 Å². The number of imide groups is 2. The number of nitrogens with one attached hydrogen (secondary N) is 2. The van der Waals surface area contributed by atoms with Crippen LogP contribution in [0.5, 0.6) is 0 Å². The van der Waals surface area contributed by atoms with E-state index < -0.39 is 48.7 Å². The fourth-order valence-corrected chi connectivity index (χ4v) is 2.72. The Morgan fingerprint density at radius 2 is 1.93 bits per heavy atom. The van der Waals surface area contributed by atoms with Gasteiger partial charge in [-0.2, -0.15) is 0 Å². The van der Waals surface area contributed by atoms with E-state index >= 15 is 0 Å². The average Bonchev–Trinajstić information content (AvgIpc) is 2.93. The number of β-lactam (4-membered cyclic amide) rings is 1. The van der Waals surface area contributed by atoms with E-state index in [1.807, 2.05) is 6.07 Å². The van der Waals surface area contributed by atoms with Crippen molar-refractivity contribution in [1.29, 1.82) is 0 Å². The number of alkyl carbamates (subject to hydrolysis) is 1. The van der Waals surface area contributed by atoms with E-state index in [1.165, 1.54) is 0 Å². The summed E-state index contributed by atoms with van der Waals surface area (Å²) in [5, 5.41) is 13.7. The minimum Gasteiger partial charge on any atom is -0.465 e. The fourth-order valence-electron chi connectivity index (χ4n) is 2.72. The van der Waals surface area contributed by atoms with Gasteiger partial charge in [0.05, 0.1) is 12.6 Å². The van der Waals surface area contributed by atoms with Crippen LogP contribution in [0, 0.1) is 0 Å². The molecule has 1 aromatic carbocycles. The lowest BCUT2D eigenvalue weighted by atomic mass is 9.98. The van der Waals surface area contributed by atoms with Crippen molar-refractivity contribution in [3.63, 3.8) is 0 Å². The van der Waals surface area contributed by atoms with Gasteiger partial charge in [-0.05, 0) is 5.56 Å². The summed E-state index contributed by atoms with van der Waals surface area (Å²) in [7, 11) is 0. The zero-order valence-electron chi connectivity index (χ0n) is 14.0. The van der Waals surface area contributed by atoms with Crippen LogP contribution in [-0.2, 0) is 20.9 Å². The van der Waals surface area contributed by atoms with Crippen LogP contribution in [0.2, 0.25) is 0 Å². The lowest BCUT2D eigenvalue weighted by molar-refractivity contribution is -0.134. The van der Waals surface area contributed by atoms with Crippen LogP contribution in [0.15, 0.2) is 30.3 Å². The first-order chi connectivity index (χ1) is 12.9. The van der Waals surface area contributed by atoms with E-state index in [0.717, 1.165) is 10.5 Å². The Kier molecular flexibility index (Phi) is 4.92. The monoisotopic (exact) mass is 376 g/mol. The van der Waals surface area contributed by atoms with E-state index in [4.69, 9.17) is 9.84 Å². The van der Waals surface area contributed by atoms with Gasteiger partial charge in [0.1, 0.15) is 19.2 Å². The smallest absolute Gasteiger partial charge is 0.416 e. The highest BCUT2D eigenvalue weighted by molar-refractivity contribution is 6.08. The number of rotatable bonds is 5. The van der Waals surface area contributed by atoms with Crippen LogP contribution in [0.1, 0.15) is 5.56 Å². The molecule has 2 aliphatic rings. The zero-order chi connectivity index (χ0) is 19.6. The first-order valence-corrected chi connectivity index (χ1v) is 7.99. The third kappa shape index (κ3) is 3.81. The molecule has 11 heteroatoms. The summed E-state index contributed by atoms with van der Waals surface area (Å²) in [5.41, 5.74) is 0.768. The van der Waals surface area contributed by atoms with Crippen molar-refractivity contribution >= 4 is 30.0 Å². The number of carbonyl (C=O) groups is 5. The zero-order valence-corrected chi connectivity index (χ0v) is 14.0. The van der Waals surface area contributed by atoms with Crippen molar-refractivity contribution in [1.82, 2.24) is 20.4 Å². The predicted molar refractivity (Wildman–Crippen MR) is 87.3 cm³/mol. The van der Waals surface area contributed by atoms with Crippen LogP contribution in [0.25, 0.3) is 0 Å². The molecule has 2 heterocycles. The number of ether oxygens (including phenoxy) is 1. The van der Waals surface area contributed by atoms with Gasteiger partial charge in [0, 0.05) is 0 Å². The van der Waals surface area contributed by atoms with E-state index in [1.54, 1.807) is 24.3 Å². The number of urea groups is 1. The lowest BCUT2D eigenvalue weighted by Gasteiger charge is -2.38. The van der Waals surface area contributed by atoms with E-state index in [-0.39, 0.29) is 13.2 Å². The van der Waals surface area contributed by atoms with Crippen molar-refractivity contribution in [2.45, 2.75) is 18.7 Å². The summed E-state index contributed by atoms with van der Waals surface area (Å²) in [4.78, 5) is 59.3. The summed E-state index contributed by atoms with van der Waals surface area (Å²) in [6.07, 6.45) is -2.36. The third-order valence-electron chi connectivity index (χ3n) is 4.17. The number of carboxylic acid groups (broad SMARTS) is 1. The minimum absolute atomic E-state index is 0.0162. The second-order valence-electron chi connectivity index (χ2n) is 5.95. The van der Waals surface area contributed by atoms with Gasteiger partial charge in [-0.1, -0.05) is 30.3 Å². The molecule has 0 unspecified atom stereocenters. The third-order valence-corrected chi connectivity index (χ3v) is 4.17. The number of nitrogens with zero attached hydrogens (tertiary/aromatic N) is 2. The fraction of sp³-hybridized carbons (Fsp3) is 0.312. The maximum absolute atomic E-state index is 11.9. The van der Waals surface area contributed by atoms with Crippen molar-refractivity contribution in [3.05, 3.63) is 35.9 Å². The summed E-state index contributed by atoms with van der Waals surface area (Å²) < 4.78 is 5.03. The molecule has 0 bridgehead atoms. The molecule has 1 aromatic rings. The molecule has 2 aliphatic heterocycles. The minimum atomic E-state index is -1.53. The van der Waals surface area contributed by atoms with Gasteiger partial charge >= 0.3 is 18.2 Å². The summed E-state index contributed by atoms with van der Waals surface area (Å²) in [5.74, 6) is -1.19. The second kappa shape index (κ2) is 7.32. The Morgan fingerprint density at radius 3 is 2.52 bits per heavy atom. The molecule has 27 heavy (non-hydrogen) atoms. The van der Waals surface area contributed by atoms with Gasteiger partial charge in [0.25, 0.3) is 5.91 Å². The number of hydrogen-bond donors (Lipinski definition) is 3. The Bertz CT molecular complexity index is 797.